The molecule has 0 spiro atoms. The molecule has 0 bridgehead atoms. The van der Waals surface area contributed by atoms with Crippen LogP contribution in [0.5, 0.6) is 0 Å². The Morgan fingerprint density at radius 1 is 1.37 bits per heavy atom. The molecule has 1 aromatic carbocycles. The Kier molecular flexibility index (Phi) is 6.29. The third kappa shape index (κ3) is 4.79. The van der Waals surface area contributed by atoms with Crippen LogP contribution in [0.15, 0.2) is 18.2 Å². The van der Waals surface area contributed by atoms with E-state index in [1.54, 1.807) is 6.07 Å². The highest BCUT2D eigenvalue weighted by Crippen LogP contribution is 2.24. The largest absolute Gasteiger partial charge is 0.389 e. The number of amides is 2. The normalized spacial score (nSPS) is 25.3. The van der Waals surface area contributed by atoms with Crippen LogP contribution in [0.1, 0.15) is 37.9 Å². The smallest absolute Gasteiger partial charge is 0.234 e. The van der Waals surface area contributed by atoms with Crippen molar-refractivity contribution in [2.45, 2.75) is 56.7 Å². The number of H-pyrrole nitrogens is 1. The molecule has 1 saturated heterocycles. The molecule has 3 atom stereocenters. The fraction of sp³-hybridized carbons (Fsp3) is 0.571. The number of imidazole rings is 1. The van der Waals surface area contributed by atoms with E-state index in [1.807, 2.05) is 4.90 Å². The Morgan fingerprint density at radius 3 is 3.07 bits per heavy atom. The molecule has 1 aromatic heterocycles. The molecule has 30 heavy (non-hydrogen) atoms. The second-order valence-electron chi connectivity index (χ2n) is 8.18. The van der Waals surface area contributed by atoms with E-state index in [9.17, 15) is 19.1 Å². The number of aliphatic hydroxyl groups is 1. The van der Waals surface area contributed by atoms with Crippen LogP contribution in [-0.4, -0.2) is 69.6 Å². The highest BCUT2D eigenvalue weighted by molar-refractivity contribution is 5.79. The highest BCUT2D eigenvalue weighted by atomic mass is 19.1. The summed E-state index contributed by atoms with van der Waals surface area (Å²) in [6.45, 7) is 1.60. The second kappa shape index (κ2) is 9.09. The first-order valence-corrected chi connectivity index (χ1v) is 10.6. The lowest BCUT2D eigenvalue weighted by atomic mass is 9.86. The van der Waals surface area contributed by atoms with Gasteiger partial charge >= 0.3 is 0 Å². The predicted octanol–water partition coefficient (Wildman–Crippen LogP) is 0.855. The minimum Gasteiger partial charge on any atom is -0.389 e. The molecule has 9 heteroatoms. The van der Waals surface area contributed by atoms with Crippen LogP contribution < -0.4 is 10.6 Å². The van der Waals surface area contributed by atoms with E-state index in [0.717, 1.165) is 31.6 Å². The summed E-state index contributed by atoms with van der Waals surface area (Å²) in [6, 6.07) is 4.01. The van der Waals surface area contributed by atoms with E-state index in [2.05, 4.69) is 20.6 Å². The lowest BCUT2D eigenvalue weighted by Gasteiger charge is -2.42. The van der Waals surface area contributed by atoms with Crippen LogP contribution in [0.4, 0.5) is 4.39 Å². The van der Waals surface area contributed by atoms with Gasteiger partial charge in [0.2, 0.25) is 11.8 Å². The quantitative estimate of drug-likeness (QED) is 0.557. The molecule has 2 heterocycles. The molecule has 2 fully saturated rings. The van der Waals surface area contributed by atoms with Crippen molar-refractivity contribution in [3.05, 3.63) is 29.8 Å². The number of piperazine rings is 1. The van der Waals surface area contributed by atoms with Gasteiger partial charge in [0.15, 0.2) is 0 Å². The van der Waals surface area contributed by atoms with Crippen LogP contribution in [0, 0.1) is 5.82 Å². The zero-order chi connectivity index (χ0) is 21.1. The first kappa shape index (κ1) is 20.7. The summed E-state index contributed by atoms with van der Waals surface area (Å²) in [4.78, 5) is 33.6. The molecule has 8 nitrogen and oxygen atoms in total. The van der Waals surface area contributed by atoms with Gasteiger partial charge < -0.3 is 20.7 Å². The minimum absolute atomic E-state index is 0.0204. The van der Waals surface area contributed by atoms with Crippen LogP contribution in [0.3, 0.4) is 0 Å². The van der Waals surface area contributed by atoms with Crippen LogP contribution in [0.25, 0.3) is 11.0 Å². The molecule has 4 N–H and O–H groups in total. The topological polar surface area (TPSA) is 110 Å². The number of fused-ring (bicyclic) bond motifs is 1. The van der Waals surface area contributed by atoms with Crippen molar-refractivity contribution < 1.29 is 19.1 Å². The Morgan fingerprint density at radius 2 is 2.23 bits per heavy atom. The molecule has 2 amide bonds. The Labute approximate surface area is 174 Å². The lowest BCUT2D eigenvalue weighted by molar-refractivity contribution is -0.128. The number of aromatic nitrogens is 2. The number of aliphatic hydroxyl groups excluding tert-OH is 1. The maximum absolute atomic E-state index is 13.3. The van der Waals surface area contributed by atoms with Crippen molar-refractivity contribution in [3.63, 3.8) is 0 Å². The summed E-state index contributed by atoms with van der Waals surface area (Å²) in [5.41, 5.74) is 1.36. The van der Waals surface area contributed by atoms with Gasteiger partial charge in [-0.1, -0.05) is 0 Å². The summed E-state index contributed by atoms with van der Waals surface area (Å²) in [5.74, 6) is 0.294. The van der Waals surface area contributed by atoms with Gasteiger partial charge in [0.05, 0.1) is 29.7 Å². The van der Waals surface area contributed by atoms with Gasteiger partial charge in [-0.25, -0.2) is 9.37 Å². The van der Waals surface area contributed by atoms with Gasteiger partial charge in [-0.05, 0) is 43.9 Å². The molecule has 2 aliphatic rings. The number of carbonyl (C=O) groups excluding carboxylic acids is 2. The van der Waals surface area contributed by atoms with Crippen molar-refractivity contribution in [2.24, 2.45) is 0 Å². The number of halogens is 1. The molecular weight excluding hydrogens is 389 g/mol. The molecule has 4 rings (SSSR count). The van der Waals surface area contributed by atoms with Crippen molar-refractivity contribution in [3.8, 4) is 0 Å². The molecule has 1 aliphatic carbocycles. The van der Waals surface area contributed by atoms with E-state index >= 15 is 0 Å². The molecule has 2 aromatic rings. The van der Waals surface area contributed by atoms with Crippen LogP contribution >= 0.6 is 0 Å². The van der Waals surface area contributed by atoms with E-state index in [-0.39, 0.29) is 29.7 Å². The molecule has 0 unspecified atom stereocenters. The number of aromatic amines is 1. The zero-order valence-corrected chi connectivity index (χ0v) is 16.9. The average Bonchev–Trinajstić information content (AvgIpc) is 3.11. The number of nitrogens with zero attached hydrogens (tertiary/aromatic N) is 2. The third-order valence-electron chi connectivity index (χ3n) is 6.02. The van der Waals surface area contributed by atoms with Gasteiger partial charge in [-0.2, -0.15) is 0 Å². The fourth-order valence-electron chi connectivity index (χ4n) is 4.50. The van der Waals surface area contributed by atoms with E-state index in [0.29, 0.717) is 43.4 Å². The first-order chi connectivity index (χ1) is 14.5. The molecular formula is C21H28FN5O3. The maximum Gasteiger partial charge on any atom is 0.234 e. The highest BCUT2D eigenvalue weighted by Gasteiger charge is 2.37. The van der Waals surface area contributed by atoms with E-state index in [1.165, 1.54) is 12.1 Å². The Balaban J connectivity index is 1.26. The Bertz CT molecular complexity index is 917. The van der Waals surface area contributed by atoms with Crippen molar-refractivity contribution in [1.29, 1.82) is 0 Å². The van der Waals surface area contributed by atoms with Crippen molar-refractivity contribution in [2.75, 3.05) is 19.6 Å². The summed E-state index contributed by atoms with van der Waals surface area (Å²) >= 11 is 0. The number of aryl methyl sites for hydroxylation is 1. The number of benzene rings is 1. The SMILES string of the molecule is O=C1CN([C@@H]2CCC[C@@H](NC(=O)CCCc3nc4ccc(F)cc4[nH]3)[C@H]2O)CCN1. The first-order valence-electron chi connectivity index (χ1n) is 10.6. The molecule has 1 aliphatic heterocycles. The second-order valence-corrected chi connectivity index (χ2v) is 8.18. The average molecular weight is 417 g/mol. The molecule has 162 valence electrons. The number of nitrogens with one attached hydrogen (secondary N) is 3. The van der Waals surface area contributed by atoms with Crippen molar-refractivity contribution in [1.82, 2.24) is 25.5 Å². The minimum atomic E-state index is -0.682. The summed E-state index contributed by atoms with van der Waals surface area (Å²) in [7, 11) is 0. The van der Waals surface area contributed by atoms with Gasteiger partial charge in [0.25, 0.3) is 0 Å². The fourth-order valence-corrected chi connectivity index (χ4v) is 4.50. The summed E-state index contributed by atoms with van der Waals surface area (Å²) in [5, 5.41) is 16.6. The van der Waals surface area contributed by atoms with Crippen LogP contribution in [-0.2, 0) is 16.0 Å². The number of rotatable bonds is 6. The Hall–Kier alpha value is -2.52. The van der Waals surface area contributed by atoms with Gasteiger partial charge in [-0.15, -0.1) is 0 Å². The van der Waals surface area contributed by atoms with Crippen LogP contribution in [0.2, 0.25) is 0 Å². The van der Waals surface area contributed by atoms with E-state index in [4.69, 9.17) is 0 Å². The molecule has 1 saturated carbocycles. The van der Waals surface area contributed by atoms with Gasteiger partial charge in [-0.3, -0.25) is 14.5 Å². The summed E-state index contributed by atoms with van der Waals surface area (Å²) < 4.78 is 13.3. The lowest BCUT2D eigenvalue weighted by Crippen LogP contribution is -2.60. The van der Waals surface area contributed by atoms with Crippen molar-refractivity contribution >= 4 is 22.8 Å². The van der Waals surface area contributed by atoms with E-state index < -0.39 is 6.10 Å². The monoisotopic (exact) mass is 417 g/mol. The number of hydrogen-bond donors (Lipinski definition) is 4. The zero-order valence-electron chi connectivity index (χ0n) is 16.9. The number of hydrogen-bond acceptors (Lipinski definition) is 5. The van der Waals surface area contributed by atoms with Gasteiger partial charge in [0.1, 0.15) is 11.6 Å². The molecule has 0 radical (unpaired) electrons. The third-order valence-corrected chi connectivity index (χ3v) is 6.02. The standard InChI is InChI=1S/C21H28FN5O3/c22-13-7-8-14-16(11-13)25-18(24-14)5-2-6-19(28)26-15-3-1-4-17(21(15)30)27-10-9-23-20(29)12-27/h7-8,11,15,17,21,30H,1-6,9-10,12H2,(H,23,29)(H,24,25)(H,26,28)/t15-,17-,21-/m1/s1. The number of carbonyl (C=O) groups is 2. The van der Waals surface area contributed by atoms with Gasteiger partial charge in [0, 0.05) is 32.0 Å². The maximum atomic E-state index is 13.3. The summed E-state index contributed by atoms with van der Waals surface area (Å²) in [6.07, 6.45) is 3.30. The predicted molar refractivity (Wildman–Crippen MR) is 109 cm³/mol.